The van der Waals surface area contributed by atoms with E-state index in [-0.39, 0.29) is 47.9 Å². The van der Waals surface area contributed by atoms with Gasteiger partial charge in [-0.3, -0.25) is 19.5 Å². The van der Waals surface area contributed by atoms with Crippen LogP contribution in [0.15, 0.2) is 29.5 Å². The van der Waals surface area contributed by atoms with E-state index in [1.807, 2.05) is 0 Å². The maximum Gasteiger partial charge on any atom is 0.234 e. The van der Waals surface area contributed by atoms with Crippen LogP contribution in [0.2, 0.25) is 0 Å². The summed E-state index contributed by atoms with van der Waals surface area (Å²) in [5.41, 5.74) is 12.1. The molecule has 0 saturated heterocycles. The van der Waals surface area contributed by atoms with Gasteiger partial charge in [0.1, 0.15) is 17.8 Å². The Kier molecular flexibility index (Phi) is 6.44. The smallest absolute Gasteiger partial charge is 0.234 e. The molecule has 164 valence electrons. The summed E-state index contributed by atoms with van der Waals surface area (Å²) in [5.74, 6) is -0.141. The minimum Gasteiger partial charge on any atom is -0.474 e. The van der Waals surface area contributed by atoms with Crippen LogP contribution in [-0.2, 0) is 21.5 Å². The highest BCUT2D eigenvalue weighted by atomic mass is 16.5. The van der Waals surface area contributed by atoms with Crippen molar-refractivity contribution in [2.75, 3.05) is 33.1 Å². The fraction of sp³-hybridized carbons (Fsp3) is 0.400. The predicted octanol–water partition coefficient (Wildman–Crippen LogP) is 0.296. The molecule has 0 bridgehead atoms. The van der Waals surface area contributed by atoms with Crippen molar-refractivity contribution in [2.45, 2.75) is 25.3 Å². The Bertz CT molecular complexity index is 1030. The van der Waals surface area contributed by atoms with Gasteiger partial charge in [0.25, 0.3) is 0 Å². The molecule has 1 aliphatic heterocycles. The number of ketones is 1. The standard InChI is InChI=1S/C20H25N7O4/c1-20(10-16(29)27(2)19(22)26-20)14-9-12(4-5-23-14)8-13(28)17-18(21)25-15(11-24-17)31-7-6-30-3/h4-5,9,11H,6-8,10H2,1-3H3,(H2,21,25)(H2,22,26). The summed E-state index contributed by atoms with van der Waals surface area (Å²) >= 11 is 0. The van der Waals surface area contributed by atoms with E-state index in [0.717, 1.165) is 0 Å². The lowest BCUT2D eigenvalue weighted by Gasteiger charge is -2.32. The number of aliphatic imine (C=N–C) groups is 1. The summed E-state index contributed by atoms with van der Waals surface area (Å²) < 4.78 is 10.2. The topological polar surface area (TPSA) is 159 Å². The van der Waals surface area contributed by atoms with Crippen LogP contribution < -0.4 is 16.2 Å². The van der Waals surface area contributed by atoms with Gasteiger partial charge in [0.2, 0.25) is 11.8 Å². The number of guanidine groups is 1. The average molecular weight is 427 g/mol. The number of amides is 1. The van der Waals surface area contributed by atoms with Crippen LogP contribution in [0.4, 0.5) is 5.82 Å². The number of hydrogen-bond donors (Lipinski definition) is 2. The van der Waals surface area contributed by atoms with Crippen molar-refractivity contribution in [3.63, 3.8) is 0 Å². The van der Waals surface area contributed by atoms with E-state index >= 15 is 0 Å². The van der Waals surface area contributed by atoms with Crippen molar-refractivity contribution < 1.29 is 19.1 Å². The number of methoxy groups -OCH3 is 1. The third-order valence-corrected chi connectivity index (χ3v) is 4.89. The number of carbonyl (C=O) groups is 2. The SMILES string of the molecule is COCCOc1cnc(C(=O)Cc2ccnc(C3(C)CC(=O)N(C)C(N)=N3)c2)c(N)n1. The normalized spacial score (nSPS) is 18.6. The van der Waals surface area contributed by atoms with Gasteiger partial charge in [0.05, 0.1) is 24.9 Å². The van der Waals surface area contributed by atoms with Gasteiger partial charge in [-0.25, -0.2) is 9.98 Å². The number of nitrogens with zero attached hydrogens (tertiary/aromatic N) is 5. The minimum atomic E-state index is -0.910. The highest BCUT2D eigenvalue weighted by Gasteiger charge is 2.37. The molecule has 31 heavy (non-hydrogen) atoms. The number of anilines is 1. The number of rotatable bonds is 8. The minimum absolute atomic E-state index is 0.0144. The van der Waals surface area contributed by atoms with Gasteiger partial charge in [-0.15, -0.1) is 0 Å². The molecule has 0 aliphatic carbocycles. The molecule has 0 aromatic carbocycles. The molecule has 0 saturated carbocycles. The molecule has 2 aromatic rings. The van der Waals surface area contributed by atoms with Crippen molar-refractivity contribution in [3.8, 4) is 5.88 Å². The largest absolute Gasteiger partial charge is 0.474 e. The average Bonchev–Trinajstić information content (AvgIpc) is 2.72. The number of aromatic nitrogens is 3. The molecule has 11 heteroatoms. The molecule has 0 fully saturated rings. The first-order valence-electron chi connectivity index (χ1n) is 9.58. The molecule has 1 aliphatic rings. The van der Waals surface area contributed by atoms with Crippen LogP contribution in [0.5, 0.6) is 5.88 Å². The third-order valence-electron chi connectivity index (χ3n) is 4.89. The predicted molar refractivity (Wildman–Crippen MR) is 112 cm³/mol. The van der Waals surface area contributed by atoms with E-state index in [4.69, 9.17) is 20.9 Å². The summed E-state index contributed by atoms with van der Waals surface area (Å²) in [6, 6.07) is 3.44. The number of pyridine rings is 1. The number of nitrogens with two attached hydrogens (primary N) is 2. The first-order chi connectivity index (χ1) is 14.7. The molecular formula is C20H25N7O4. The second kappa shape index (κ2) is 9.04. The maximum atomic E-state index is 12.7. The van der Waals surface area contributed by atoms with Crippen molar-refractivity contribution in [1.82, 2.24) is 19.9 Å². The molecular weight excluding hydrogens is 402 g/mol. The first kappa shape index (κ1) is 22.1. The lowest BCUT2D eigenvalue weighted by atomic mass is 9.90. The first-order valence-corrected chi connectivity index (χ1v) is 9.58. The monoisotopic (exact) mass is 427 g/mol. The van der Waals surface area contributed by atoms with E-state index < -0.39 is 5.54 Å². The number of hydrogen-bond acceptors (Lipinski definition) is 10. The number of ether oxygens (including phenoxy) is 2. The summed E-state index contributed by atoms with van der Waals surface area (Å²) in [4.78, 5) is 43.2. The molecule has 1 atom stereocenters. The lowest BCUT2D eigenvalue weighted by Crippen LogP contribution is -2.47. The Labute approximate surface area is 179 Å². The van der Waals surface area contributed by atoms with Crippen molar-refractivity contribution in [2.24, 2.45) is 10.7 Å². The fourth-order valence-corrected chi connectivity index (χ4v) is 3.10. The zero-order valence-electron chi connectivity index (χ0n) is 17.7. The quantitative estimate of drug-likeness (QED) is 0.446. The van der Waals surface area contributed by atoms with Crippen LogP contribution in [0, 0.1) is 0 Å². The summed E-state index contributed by atoms with van der Waals surface area (Å²) in [6.07, 6.45) is 3.07. The number of carbonyl (C=O) groups excluding carboxylic acids is 2. The second-order valence-corrected chi connectivity index (χ2v) is 7.31. The van der Waals surface area contributed by atoms with E-state index in [1.165, 1.54) is 11.1 Å². The second-order valence-electron chi connectivity index (χ2n) is 7.31. The Balaban J connectivity index is 1.77. The molecule has 3 heterocycles. The van der Waals surface area contributed by atoms with Crippen molar-refractivity contribution in [3.05, 3.63) is 41.5 Å². The number of nitrogen functional groups attached to an aromatic ring is 1. The van der Waals surface area contributed by atoms with Crippen LogP contribution in [-0.4, -0.2) is 64.9 Å². The lowest BCUT2D eigenvalue weighted by molar-refractivity contribution is -0.128. The van der Waals surface area contributed by atoms with Gasteiger partial charge in [-0.1, -0.05) is 0 Å². The van der Waals surface area contributed by atoms with E-state index in [2.05, 4.69) is 19.9 Å². The van der Waals surface area contributed by atoms with E-state index in [1.54, 1.807) is 39.4 Å². The Hall–Kier alpha value is -3.60. The molecule has 2 aromatic heterocycles. The van der Waals surface area contributed by atoms with Crippen LogP contribution in [0.25, 0.3) is 0 Å². The van der Waals surface area contributed by atoms with Crippen LogP contribution >= 0.6 is 0 Å². The Morgan fingerprint density at radius 1 is 1.29 bits per heavy atom. The zero-order valence-corrected chi connectivity index (χ0v) is 17.7. The van der Waals surface area contributed by atoms with Crippen LogP contribution in [0.3, 0.4) is 0 Å². The molecule has 4 N–H and O–H groups in total. The van der Waals surface area contributed by atoms with Crippen LogP contribution in [0.1, 0.15) is 35.1 Å². The number of Topliss-reactive ketones (excluding diaryl/α,β-unsaturated/α-hetero) is 1. The zero-order chi connectivity index (χ0) is 22.6. The highest BCUT2D eigenvalue weighted by molar-refractivity contribution is 6.00. The summed E-state index contributed by atoms with van der Waals surface area (Å²) in [7, 11) is 3.13. The van der Waals surface area contributed by atoms with Gasteiger partial charge in [0.15, 0.2) is 17.6 Å². The van der Waals surface area contributed by atoms with Gasteiger partial charge >= 0.3 is 0 Å². The van der Waals surface area contributed by atoms with Crippen molar-refractivity contribution in [1.29, 1.82) is 0 Å². The molecule has 1 unspecified atom stereocenters. The van der Waals surface area contributed by atoms with Crippen molar-refractivity contribution >= 4 is 23.5 Å². The molecule has 0 spiro atoms. The van der Waals surface area contributed by atoms with E-state index in [0.29, 0.717) is 24.5 Å². The Morgan fingerprint density at radius 3 is 2.74 bits per heavy atom. The van der Waals surface area contributed by atoms with Gasteiger partial charge in [0, 0.05) is 26.8 Å². The van der Waals surface area contributed by atoms with Gasteiger partial charge in [-0.05, 0) is 24.6 Å². The highest BCUT2D eigenvalue weighted by Crippen LogP contribution is 2.32. The molecule has 1 amide bonds. The maximum absolute atomic E-state index is 12.7. The fourth-order valence-electron chi connectivity index (χ4n) is 3.10. The molecule has 11 nitrogen and oxygen atoms in total. The third kappa shape index (κ3) is 4.94. The molecule has 3 rings (SSSR count). The van der Waals surface area contributed by atoms with Gasteiger partial charge < -0.3 is 20.9 Å². The summed E-state index contributed by atoms with van der Waals surface area (Å²) in [6.45, 7) is 2.47. The molecule has 0 radical (unpaired) electrons. The summed E-state index contributed by atoms with van der Waals surface area (Å²) in [5, 5.41) is 0. The van der Waals surface area contributed by atoms with Gasteiger partial charge in [-0.2, -0.15) is 4.98 Å². The Morgan fingerprint density at radius 2 is 2.06 bits per heavy atom. The van der Waals surface area contributed by atoms with E-state index in [9.17, 15) is 9.59 Å².